The molecule has 2 aromatic rings. The van der Waals surface area contributed by atoms with Crippen molar-refractivity contribution in [1.29, 1.82) is 0 Å². The average Bonchev–Trinajstić information content (AvgIpc) is 2.73. The molecule has 0 atom stereocenters. The summed E-state index contributed by atoms with van der Waals surface area (Å²) in [4.78, 5) is 17.1. The Hall–Kier alpha value is -2.73. The van der Waals surface area contributed by atoms with E-state index in [1.54, 1.807) is 39.5 Å². The van der Waals surface area contributed by atoms with Gasteiger partial charge in [0.15, 0.2) is 0 Å². The Morgan fingerprint density at radius 2 is 1.48 bits per heavy atom. The highest BCUT2D eigenvalue weighted by atomic mass is 16.5. The highest BCUT2D eigenvalue weighted by Crippen LogP contribution is 2.26. The van der Waals surface area contributed by atoms with Crippen LogP contribution in [0.1, 0.15) is 15.9 Å². The third-order valence-electron chi connectivity index (χ3n) is 4.86. The quantitative estimate of drug-likeness (QED) is 0.783. The van der Waals surface area contributed by atoms with Gasteiger partial charge in [-0.1, -0.05) is 12.1 Å². The zero-order valence-electron chi connectivity index (χ0n) is 16.1. The maximum absolute atomic E-state index is 12.9. The molecule has 1 aliphatic heterocycles. The summed E-state index contributed by atoms with van der Waals surface area (Å²) in [5.74, 6) is 2.08. The van der Waals surface area contributed by atoms with Gasteiger partial charge in [0.05, 0.1) is 26.9 Å². The number of amides is 1. The van der Waals surface area contributed by atoms with Crippen molar-refractivity contribution >= 4 is 5.91 Å². The zero-order chi connectivity index (χ0) is 19.2. The lowest BCUT2D eigenvalue weighted by molar-refractivity contribution is 0.0625. The molecule has 1 saturated heterocycles. The second-order valence-corrected chi connectivity index (χ2v) is 6.48. The molecule has 3 rings (SSSR count). The minimum atomic E-state index is -0.00130. The lowest BCUT2D eigenvalue weighted by atomic mass is 10.1. The lowest BCUT2D eigenvalue weighted by Gasteiger charge is -2.35. The number of carbonyl (C=O) groups excluding carboxylic acids is 1. The molecule has 27 heavy (non-hydrogen) atoms. The number of hydrogen-bond acceptors (Lipinski definition) is 5. The first-order valence-corrected chi connectivity index (χ1v) is 9.01. The zero-order valence-corrected chi connectivity index (χ0v) is 16.1. The predicted molar refractivity (Wildman–Crippen MR) is 104 cm³/mol. The van der Waals surface area contributed by atoms with Gasteiger partial charge in [0.25, 0.3) is 5.91 Å². The van der Waals surface area contributed by atoms with E-state index in [1.807, 2.05) is 17.0 Å². The molecule has 1 heterocycles. The van der Waals surface area contributed by atoms with Gasteiger partial charge in [0.1, 0.15) is 17.2 Å². The fraction of sp³-hybridized carbons (Fsp3) is 0.381. The number of piperazine rings is 1. The van der Waals surface area contributed by atoms with E-state index in [9.17, 15) is 4.79 Å². The van der Waals surface area contributed by atoms with Crippen molar-refractivity contribution in [1.82, 2.24) is 9.80 Å². The standard InChI is InChI=1S/C21H26N2O4/c1-25-17-6-4-16(5-7-17)15-22-10-12-23(13-11-22)21(24)19-9-8-18(26-2)14-20(19)27-3/h4-9,14H,10-13,15H2,1-3H3. The smallest absolute Gasteiger partial charge is 0.257 e. The largest absolute Gasteiger partial charge is 0.497 e. The molecule has 0 bridgehead atoms. The topological polar surface area (TPSA) is 51.2 Å². The third-order valence-corrected chi connectivity index (χ3v) is 4.86. The van der Waals surface area contributed by atoms with E-state index in [0.717, 1.165) is 25.4 Å². The fourth-order valence-corrected chi connectivity index (χ4v) is 3.24. The third kappa shape index (κ3) is 4.52. The molecule has 0 N–H and O–H groups in total. The molecule has 0 unspecified atom stereocenters. The van der Waals surface area contributed by atoms with Gasteiger partial charge in [0, 0.05) is 38.8 Å². The highest BCUT2D eigenvalue weighted by molar-refractivity contribution is 5.97. The molecular formula is C21H26N2O4. The molecule has 0 radical (unpaired) electrons. The van der Waals surface area contributed by atoms with E-state index < -0.39 is 0 Å². The van der Waals surface area contributed by atoms with Crippen molar-refractivity contribution < 1.29 is 19.0 Å². The summed E-state index contributed by atoms with van der Waals surface area (Å²) in [5.41, 5.74) is 1.81. The first kappa shape index (κ1) is 19.0. The van der Waals surface area contributed by atoms with Gasteiger partial charge >= 0.3 is 0 Å². The van der Waals surface area contributed by atoms with Crippen molar-refractivity contribution in [2.24, 2.45) is 0 Å². The summed E-state index contributed by atoms with van der Waals surface area (Å²) in [6.07, 6.45) is 0. The van der Waals surface area contributed by atoms with E-state index >= 15 is 0 Å². The molecule has 0 spiro atoms. The second kappa shape index (κ2) is 8.77. The number of nitrogens with zero attached hydrogens (tertiary/aromatic N) is 2. The van der Waals surface area contributed by atoms with Gasteiger partial charge in [0.2, 0.25) is 0 Å². The van der Waals surface area contributed by atoms with E-state index in [4.69, 9.17) is 14.2 Å². The van der Waals surface area contributed by atoms with Crippen LogP contribution in [0, 0.1) is 0 Å². The molecule has 0 aromatic heterocycles. The van der Waals surface area contributed by atoms with Gasteiger partial charge in [-0.2, -0.15) is 0 Å². The molecule has 0 saturated carbocycles. The van der Waals surface area contributed by atoms with E-state index in [0.29, 0.717) is 30.2 Å². The second-order valence-electron chi connectivity index (χ2n) is 6.48. The molecule has 1 aliphatic rings. The van der Waals surface area contributed by atoms with Crippen molar-refractivity contribution in [3.63, 3.8) is 0 Å². The highest BCUT2D eigenvalue weighted by Gasteiger charge is 2.24. The molecular weight excluding hydrogens is 344 g/mol. The minimum Gasteiger partial charge on any atom is -0.497 e. The van der Waals surface area contributed by atoms with Gasteiger partial charge in [-0.15, -0.1) is 0 Å². The van der Waals surface area contributed by atoms with Crippen LogP contribution >= 0.6 is 0 Å². The van der Waals surface area contributed by atoms with Crippen molar-refractivity contribution in [2.45, 2.75) is 6.54 Å². The SMILES string of the molecule is COc1ccc(CN2CCN(C(=O)c3ccc(OC)cc3OC)CC2)cc1. The predicted octanol–water partition coefficient (Wildman–Crippen LogP) is 2.67. The summed E-state index contributed by atoms with van der Waals surface area (Å²) < 4.78 is 15.8. The van der Waals surface area contributed by atoms with Crippen LogP contribution in [0.25, 0.3) is 0 Å². The summed E-state index contributed by atoms with van der Waals surface area (Å²) in [7, 11) is 4.83. The summed E-state index contributed by atoms with van der Waals surface area (Å²) in [6.45, 7) is 3.96. The normalized spacial score (nSPS) is 14.7. The van der Waals surface area contributed by atoms with Crippen LogP contribution in [0.15, 0.2) is 42.5 Å². The van der Waals surface area contributed by atoms with Gasteiger partial charge in [-0.3, -0.25) is 9.69 Å². The van der Waals surface area contributed by atoms with Crippen LogP contribution < -0.4 is 14.2 Å². The number of benzene rings is 2. The molecule has 6 heteroatoms. The Balaban J connectivity index is 1.59. The van der Waals surface area contributed by atoms with Crippen molar-refractivity contribution in [2.75, 3.05) is 47.5 Å². The maximum Gasteiger partial charge on any atom is 0.257 e. The Morgan fingerprint density at radius 1 is 0.852 bits per heavy atom. The Labute approximate surface area is 160 Å². The average molecular weight is 370 g/mol. The number of carbonyl (C=O) groups is 1. The van der Waals surface area contributed by atoms with Gasteiger partial charge < -0.3 is 19.1 Å². The Morgan fingerprint density at radius 3 is 2.07 bits per heavy atom. The van der Waals surface area contributed by atoms with Crippen LogP contribution in [-0.4, -0.2) is 63.2 Å². The first-order valence-electron chi connectivity index (χ1n) is 9.01. The molecule has 1 amide bonds. The van der Waals surface area contributed by atoms with Crippen LogP contribution in [0.4, 0.5) is 0 Å². The molecule has 1 fully saturated rings. The fourth-order valence-electron chi connectivity index (χ4n) is 3.24. The number of hydrogen-bond donors (Lipinski definition) is 0. The van der Waals surface area contributed by atoms with Crippen molar-refractivity contribution in [3.05, 3.63) is 53.6 Å². The molecule has 144 valence electrons. The van der Waals surface area contributed by atoms with Crippen LogP contribution in [0.3, 0.4) is 0 Å². The van der Waals surface area contributed by atoms with Crippen molar-refractivity contribution in [3.8, 4) is 17.2 Å². The van der Waals surface area contributed by atoms with Crippen LogP contribution in [0.2, 0.25) is 0 Å². The molecule has 0 aliphatic carbocycles. The number of ether oxygens (including phenoxy) is 3. The van der Waals surface area contributed by atoms with E-state index in [2.05, 4.69) is 17.0 Å². The molecule has 6 nitrogen and oxygen atoms in total. The van der Waals surface area contributed by atoms with E-state index in [1.165, 1.54) is 5.56 Å². The van der Waals surface area contributed by atoms with E-state index in [-0.39, 0.29) is 5.91 Å². The summed E-state index contributed by atoms with van der Waals surface area (Å²) in [5, 5.41) is 0. The number of methoxy groups -OCH3 is 3. The summed E-state index contributed by atoms with van der Waals surface area (Å²) in [6, 6.07) is 13.4. The van der Waals surface area contributed by atoms with Gasteiger partial charge in [-0.25, -0.2) is 0 Å². The minimum absolute atomic E-state index is 0.00130. The Bertz CT molecular complexity index is 768. The maximum atomic E-state index is 12.9. The molecule has 2 aromatic carbocycles. The summed E-state index contributed by atoms with van der Waals surface area (Å²) >= 11 is 0. The van der Waals surface area contributed by atoms with Gasteiger partial charge in [-0.05, 0) is 29.8 Å². The monoisotopic (exact) mass is 370 g/mol. The van der Waals surface area contributed by atoms with Crippen LogP contribution in [-0.2, 0) is 6.54 Å². The lowest BCUT2D eigenvalue weighted by Crippen LogP contribution is -2.48. The number of rotatable bonds is 6. The van der Waals surface area contributed by atoms with Crippen LogP contribution in [0.5, 0.6) is 17.2 Å². The first-order chi connectivity index (χ1) is 13.1. The Kier molecular flexibility index (Phi) is 6.19.